The van der Waals surface area contributed by atoms with Crippen molar-refractivity contribution in [3.8, 4) is 17.3 Å². The molecule has 1 aromatic heterocycles. The molecule has 1 saturated carbocycles. The van der Waals surface area contributed by atoms with Crippen molar-refractivity contribution < 1.29 is 0 Å². The number of hydrogen-bond donors (Lipinski definition) is 1. The summed E-state index contributed by atoms with van der Waals surface area (Å²) in [6.45, 7) is 0.867. The van der Waals surface area contributed by atoms with Crippen molar-refractivity contribution >= 4 is 11.3 Å². The number of nitrogens with one attached hydrogen (secondary N) is 1. The number of rotatable bonds is 4. The maximum atomic E-state index is 8.76. The molecule has 1 aromatic carbocycles. The SMILES string of the molecule is N#Cc1ccc(-c2csc(CNC3CC3)n2)cc1. The second-order valence-corrected chi connectivity index (χ2v) is 5.41. The van der Waals surface area contributed by atoms with Gasteiger partial charge in [-0.1, -0.05) is 12.1 Å². The van der Waals surface area contributed by atoms with Crippen LogP contribution in [0.25, 0.3) is 11.3 Å². The van der Waals surface area contributed by atoms with Crippen LogP contribution in [-0.2, 0) is 6.54 Å². The van der Waals surface area contributed by atoms with E-state index >= 15 is 0 Å². The molecule has 4 heteroatoms. The highest BCUT2D eigenvalue weighted by atomic mass is 32.1. The summed E-state index contributed by atoms with van der Waals surface area (Å²) in [4.78, 5) is 4.61. The Morgan fingerprint density at radius 2 is 2.11 bits per heavy atom. The minimum atomic E-state index is 0.685. The van der Waals surface area contributed by atoms with Crippen LogP contribution in [0.2, 0.25) is 0 Å². The van der Waals surface area contributed by atoms with Crippen molar-refractivity contribution in [2.75, 3.05) is 0 Å². The van der Waals surface area contributed by atoms with Gasteiger partial charge in [0, 0.05) is 23.5 Å². The lowest BCUT2D eigenvalue weighted by molar-refractivity contribution is 0.685. The van der Waals surface area contributed by atoms with Gasteiger partial charge in [-0.05, 0) is 25.0 Å². The molecule has 0 bridgehead atoms. The van der Waals surface area contributed by atoms with E-state index in [1.165, 1.54) is 12.8 Å². The fourth-order valence-corrected chi connectivity index (χ4v) is 2.51. The molecule has 0 atom stereocenters. The van der Waals surface area contributed by atoms with Crippen molar-refractivity contribution in [3.63, 3.8) is 0 Å². The highest BCUT2D eigenvalue weighted by Crippen LogP contribution is 2.24. The van der Waals surface area contributed by atoms with E-state index in [0.717, 1.165) is 22.8 Å². The first-order valence-electron chi connectivity index (χ1n) is 6.03. The topological polar surface area (TPSA) is 48.7 Å². The van der Waals surface area contributed by atoms with Crippen molar-refractivity contribution in [3.05, 3.63) is 40.2 Å². The number of nitrogens with zero attached hydrogens (tertiary/aromatic N) is 2. The average molecular weight is 255 g/mol. The molecule has 1 aliphatic carbocycles. The molecule has 18 heavy (non-hydrogen) atoms. The second kappa shape index (κ2) is 4.89. The minimum absolute atomic E-state index is 0.685. The Labute approximate surface area is 110 Å². The van der Waals surface area contributed by atoms with E-state index < -0.39 is 0 Å². The van der Waals surface area contributed by atoms with Gasteiger partial charge in [0.15, 0.2) is 0 Å². The lowest BCUT2D eigenvalue weighted by atomic mass is 10.1. The van der Waals surface area contributed by atoms with E-state index in [-0.39, 0.29) is 0 Å². The van der Waals surface area contributed by atoms with Crippen LogP contribution in [0, 0.1) is 11.3 Å². The van der Waals surface area contributed by atoms with Crippen LogP contribution >= 0.6 is 11.3 Å². The number of hydrogen-bond acceptors (Lipinski definition) is 4. The van der Waals surface area contributed by atoms with Crippen molar-refractivity contribution in [1.29, 1.82) is 5.26 Å². The molecule has 0 spiro atoms. The van der Waals surface area contributed by atoms with Crippen LogP contribution in [0.4, 0.5) is 0 Å². The van der Waals surface area contributed by atoms with Gasteiger partial charge >= 0.3 is 0 Å². The monoisotopic (exact) mass is 255 g/mol. The van der Waals surface area contributed by atoms with Gasteiger partial charge in [0.05, 0.1) is 17.3 Å². The summed E-state index contributed by atoms with van der Waals surface area (Å²) < 4.78 is 0. The Morgan fingerprint density at radius 3 is 2.78 bits per heavy atom. The molecular weight excluding hydrogens is 242 g/mol. The fraction of sp³-hybridized carbons (Fsp3) is 0.286. The van der Waals surface area contributed by atoms with E-state index in [2.05, 4.69) is 21.8 Å². The van der Waals surface area contributed by atoms with Gasteiger partial charge in [-0.3, -0.25) is 0 Å². The third kappa shape index (κ3) is 2.58. The van der Waals surface area contributed by atoms with Crippen LogP contribution in [0.15, 0.2) is 29.6 Å². The third-order valence-electron chi connectivity index (χ3n) is 2.98. The summed E-state index contributed by atoms with van der Waals surface area (Å²) in [6, 6.07) is 10.4. The molecule has 1 N–H and O–H groups in total. The van der Waals surface area contributed by atoms with Crippen molar-refractivity contribution in [2.45, 2.75) is 25.4 Å². The van der Waals surface area contributed by atoms with Crippen LogP contribution < -0.4 is 5.32 Å². The van der Waals surface area contributed by atoms with Crippen molar-refractivity contribution in [2.24, 2.45) is 0 Å². The normalized spacial score (nSPS) is 14.4. The Balaban J connectivity index is 1.72. The van der Waals surface area contributed by atoms with Crippen LogP contribution in [0.3, 0.4) is 0 Å². The van der Waals surface area contributed by atoms with Crippen LogP contribution in [0.5, 0.6) is 0 Å². The molecule has 0 unspecified atom stereocenters. The van der Waals surface area contributed by atoms with E-state index in [0.29, 0.717) is 11.6 Å². The third-order valence-corrected chi connectivity index (χ3v) is 3.83. The number of thiazole rings is 1. The molecule has 2 aromatic rings. The maximum Gasteiger partial charge on any atom is 0.107 e. The summed E-state index contributed by atoms with van der Waals surface area (Å²) in [6.07, 6.45) is 2.60. The molecule has 1 aliphatic rings. The summed E-state index contributed by atoms with van der Waals surface area (Å²) >= 11 is 1.69. The van der Waals surface area contributed by atoms with E-state index in [9.17, 15) is 0 Å². The molecular formula is C14H13N3S. The number of benzene rings is 1. The molecule has 0 saturated heterocycles. The summed E-state index contributed by atoms with van der Waals surface area (Å²) in [7, 11) is 0. The lowest BCUT2D eigenvalue weighted by Gasteiger charge is -1.98. The molecule has 0 aliphatic heterocycles. The molecule has 1 fully saturated rings. The zero-order valence-electron chi connectivity index (χ0n) is 9.89. The first kappa shape index (κ1) is 11.4. The van der Waals surface area contributed by atoms with Gasteiger partial charge in [0.1, 0.15) is 5.01 Å². The second-order valence-electron chi connectivity index (χ2n) is 4.47. The molecule has 90 valence electrons. The van der Waals surface area contributed by atoms with Gasteiger partial charge in [0.25, 0.3) is 0 Å². The van der Waals surface area contributed by atoms with Gasteiger partial charge in [0.2, 0.25) is 0 Å². The zero-order valence-corrected chi connectivity index (χ0v) is 10.7. The van der Waals surface area contributed by atoms with Crippen molar-refractivity contribution in [1.82, 2.24) is 10.3 Å². The van der Waals surface area contributed by atoms with E-state index in [1.54, 1.807) is 11.3 Å². The van der Waals surface area contributed by atoms with E-state index in [1.807, 2.05) is 24.3 Å². The van der Waals surface area contributed by atoms with E-state index in [4.69, 9.17) is 5.26 Å². The molecule has 1 heterocycles. The van der Waals surface area contributed by atoms with Gasteiger partial charge in [-0.2, -0.15) is 5.26 Å². The molecule has 0 amide bonds. The Hall–Kier alpha value is -1.70. The van der Waals surface area contributed by atoms with Crippen LogP contribution in [-0.4, -0.2) is 11.0 Å². The predicted molar refractivity (Wildman–Crippen MR) is 72.1 cm³/mol. The zero-order chi connectivity index (χ0) is 12.4. The molecule has 3 nitrogen and oxygen atoms in total. The predicted octanol–water partition coefficient (Wildman–Crippen LogP) is 2.93. The number of nitriles is 1. The minimum Gasteiger partial charge on any atom is -0.308 e. The number of aromatic nitrogens is 1. The first-order chi connectivity index (χ1) is 8.85. The largest absolute Gasteiger partial charge is 0.308 e. The summed E-state index contributed by atoms with van der Waals surface area (Å²) in [5.41, 5.74) is 2.75. The lowest BCUT2D eigenvalue weighted by Crippen LogP contribution is -2.14. The Bertz CT molecular complexity index is 576. The van der Waals surface area contributed by atoms with Gasteiger partial charge in [-0.25, -0.2) is 4.98 Å². The highest BCUT2D eigenvalue weighted by Gasteiger charge is 2.20. The Kier molecular flexibility index (Phi) is 3.09. The quantitative estimate of drug-likeness (QED) is 0.913. The Morgan fingerprint density at radius 1 is 1.33 bits per heavy atom. The van der Waals surface area contributed by atoms with Crippen LogP contribution in [0.1, 0.15) is 23.4 Å². The summed E-state index contributed by atoms with van der Waals surface area (Å²) in [5, 5.41) is 15.4. The molecule has 3 rings (SSSR count). The average Bonchev–Trinajstić information content (AvgIpc) is 3.14. The van der Waals surface area contributed by atoms with Gasteiger partial charge < -0.3 is 5.32 Å². The smallest absolute Gasteiger partial charge is 0.107 e. The first-order valence-corrected chi connectivity index (χ1v) is 6.91. The highest BCUT2D eigenvalue weighted by molar-refractivity contribution is 7.09. The standard InChI is InChI=1S/C14H13N3S/c15-7-10-1-3-11(4-2-10)13-9-18-14(17-13)8-16-12-5-6-12/h1-4,9,12,16H,5-6,8H2. The molecule has 0 radical (unpaired) electrons. The fourth-order valence-electron chi connectivity index (χ4n) is 1.76. The summed E-state index contributed by atoms with van der Waals surface area (Å²) in [5.74, 6) is 0. The van der Waals surface area contributed by atoms with Gasteiger partial charge in [-0.15, -0.1) is 11.3 Å². The maximum absolute atomic E-state index is 8.76.